The van der Waals surface area contributed by atoms with Gasteiger partial charge in [-0.05, 0) is 35.5 Å². The van der Waals surface area contributed by atoms with Crippen molar-refractivity contribution in [2.75, 3.05) is 13.0 Å². The highest BCUT2D eigenvalue weighted by Crippen LogP contribution is 2.65. The summed E-state index contributed by atoms with van der Waals surface area (Å²) >= 11 is 0. The summed E-state index contributed by atoms with van der Waals surface area (Å²) in [4.78, 5) is 63.7. The van der Waals surface area contributed by atoms with E-state index in [9.17, 15) is 42.3 Å². The highest BCUT2D eigenvalue weighted by molar-refractivity contribution is 5.96. The number of aliphatic carboxylic acids is 1. The number of carbonyl (C=O) groups is 5. The van der Waals surface area contributed by atoms with Crippen LogP contribution in [0.15, 0.2) is 0 Å². The number of rotatable bonds is 7. The Balaban J connectivity index is 1.84. The van der Waals surface area contributed by atoms with Gasteiger partial charge < -0.3 is 26.0 Å². The third-order valence-electron chi connectivity index (χ3n) is 7.47. The average molecular weight is 521 g/mol. The SMILES string of the molecule is [2H]C1([2H])C[C@@H](C[C@H](NC(=O)[C@@H]2[C@@H]3[C@H](CN2C(=O)[C@@H](NC(=O)C(F)(F)F)C(C)(C)C)C3(C)C)C(=O)O)C(=O)N1. The molecule has 1 saturated carbocycles. The standard InChI is InChI=1S/C23H33F3N4O6/c1-21(2,3)15(29-20(36)23(24,25)26)18(33)30-9-11-13(22(11,4)5)14(30)17(32)28-12(19(34)35)8-10-6-7-27-16(10)31/h10-15H,6-9H2,1-5H3,(H,27,31)(H,28,32)(H,29,36)(H,34,35)/t10-,11-,12-,13-,14-,15+/m0/s1/i7D2. The van der Waals surface area contributed by atoms with Crippen LogP contribution in [0.4, 0.5) is 13.2 Å². The summed E-state index contributed by atoms with van der Waals surface area (Å²) in [6.45, 7) is 6.13. The number of piperidine rings is 1. The Morgan fingerprint density at radius 3 is 2.31 bits per heavy atom. The molecule has 4 amide bonds. The van der Waals surface area contributed by atoms with E-state index in [0.29, 0.717) is 0 Å². The molecule has 4 N–H and O–H groups in total. The Hall–Kier alpha value is -2.86. The van der Waals surface area contributed by atoms with E-state index in [1.165, 1.54) is 20.8 Å². The lowest BCUT2D eigenvalue weighted by Crippen LogP contribution is -2.61. The molecular formula is C23H33F3N4O6. The van der Waals surface area contributed by atoms with Crippen LogP contribution in [0, 0.1) is 28.6 Å². The molecule has 0 aromatic carbocycles. The molecular weight excluding hydrogens is 485 g/mol. The molecule has 0 bridgehead atoms. The van der Waals surface area contributed by atoms with E-state index in [-0.39, 0.29) is 18.9 Å². The monoisotopic (exact) mass is 520 g/mol. The smallest absolute Gasteiger partial charge is 0.471 e. The molecule has 2 aliphatic heterocycles. The summed E-state index contributed by atoms with van der Waals surface area (Å²) in [5.41, 5.74) is -1.55. The van der Waals surface area contributed by atoms with Crippen LogP contribution in [0.2, 0.25) is 0 Å². The largest absolute Gasteiger partial charge is 0.480 e. The van der Waals surface area contributed by atoms with Crippen LogP contribution in [-0.4, -0.2) is 76.9 Å². The summed E-state index contributed by atoms with van der Waals surface area (Å²) in [5, 5.41) is 15.9. The zero-order valence-corrected chi connectivity index (χ0v) is 20.7. The summed E-state index contributed by atoms with van der Waals surface area (Å²) in [6.07, 6.45) is -5.91. The molecule has 3 fully saturated rings. The zero-order chi connectivity index (χ0) is 29.2. The van der Waals surface area contributed by atoms with Crippen LogP contribution >= 0.6 is 0 Å². The number of amides is 4. The maximum absolute atomic E-state index is 13.5. The fourth-order valence-electron chi connectivity index (χ4n) is 5.25. The first-order chi connectivity index (χ1) is 17.1. The van der Waals surface area contributed by atoms with Gasteiger partial charge in [0.15, 0.2) is 0 Å². The topological polar surface area (TPSA) is 145 Å². The average Bonchev–Trinajstić information content (AvgIpc) is 3.03. The van der Waals surface area contributed by atoms with Crippen LogP contribution in [0.3, 0.4) is 0 Å². The molecule has 10 nitrogen and oxygen atoms in total. The molecule has 202 valence electrons. The Kier molecular flexibility index (Phi) is 6.36. The first-order valence-electron chi connectivity index (χ1n) is 12.6. The van der Waals surface area contributed by atoms with E-state index in [1.807, 2.05) is 13.8 Å². The van der Waals surface area contributed by atoms with E-state index in [0.717, 1.165) is 4.90 Å². The van der Waals surface area contributed by atoms with Crippen molar-refractivity contribution in [1.82, 2.24) is 20.9 Å². The van der Waals surface area contributed by atoms with Crippen molar-refractivity contribution >= 4 is 29.6 Å². The molecule has 0 aromatic rings. The second-order valence-corrected chi connectivity index (χ2v) is 11.4. The van der Waals surface area contributed by atoms with Crippen LogP contribution in [0.25, 0.3) is 0 Å². The van der Waals surface area contributed by atoms with Gasteiger partial charge in [-0.3, -0.25) is 19.2 Å². The fourth-order valence-corrected chi connectivity index (χ4v) is 5.25. The van der Waals surface area contributed by atoms with Crippen LogP contribution in [0.1, 0.15) is 50.2 Å². The number of hydrogen-bond acceptors (Lipinski definition) is 5. The molecule has 0 aromatic heterocycles. The van der Waals surface area contributed by atoms with Gasteiger partial charge in [0.05, 0.1) is 0 Å². The summed E-state index contributed by atoms with van der Waals surface area (Å²) < 4.78 is 54.2. The maximum atomic E-state index is 13.5. The molecule has 2 saturated heterocycles. The molecule has 0 radical (unpaired) electrons. The van der Waals surface area contributed by atoms with Crippen molar-refractivity contribution in [2.24, 2.45) is 28.6 Å². The van der Waals surface area contributed by atoms with Crippen molar-refractivity contribution < 1.29 is 45.0 Å². The second-order valence-electron chi connectivity index (χ2n) is 11.4. The second kappa shape index (κ2) is 9.22. The zero-order valence-electron chi connectivity index (χ0n) is 22.7. The maximum Gasteiger partial charge on any atom is 0.471 e. The Bertz CT molecular complexity index is 1050. The minimum atomic E-state index is -5.23. The number of halogens is 3. The first kappa shape index (κ1) is 24.8. The van der Waals surface area contributed by atoms with E-state index in [4.69, 9.17) is 2.74 Å². The van der Waals surface area contributed by atoms with E-state index in [1.54, 1.807) is 5.32 Å². The van der Waals surface area contributed by atoms with Gasteiger partial charge in [0.1, 0.15) is 18.1 Å². The number of alkyl halides is 3. The van der Waals surface area contributed by atoms with Crippen molar-refractivity contribution in [2.45, 2.75) is 71.8 Å². The number of likely N-dealkylation sites (tertiary alicyclic amines) is 1. The number of nitrogens with zero attached hydrogens (tertiary/aromatic N) is 1. The van der Waals surface area contributed by atoms with Gasteiger partial charge in [0.2, 0.25) is 17.7 Å². The number of carboxylic acids is 1. The first-order valence-corrected chi connectivity index (χ1v) is 11.6. The number of nitrogens with one attached hydrogen (secondary N) is 3. The molecule has 0 unspecified atom stereocenters. The normalized spacial score (nSPS) is 30.8. The minimum Gasteiger partial charge on any atom is -0.480 e. The van der Waals surface area contributed by atoms with Crippen LogP contribution < -0.4 is 16.0 Å². The summed E-state index contributed by atoms with van der Waals surface area (Å²) in [7, 11) is 0. The summed E-state index contributed by atoms with van der Waals surface area (Å²) in [6, 6.07) is -4.40. The van der Waals surface area contributed by atoms with Gasteiger partial charge in [0.25, 0.3) is 0 Å². The van der Waals surface area contributed by atoms with Gasteiger partial charge in [-0.2, -0.15) is 13.2 Å². The van der Waals surface area contributed by atoms with Crippen molar-refractivity contribution in [3.05, 3.63) is 0 Å². The molecule has 3 rings (SSSR count). The lowest BCUT2D eigenvalue weighted by molar-refractivity contribution is -0.176. The molecule has 2 heterocycles. The van der Waals surface area contributed by atoms with Gasteiger partial charge in [-0.25, -0.2) is 4.79 Å². The Morgan fingerprint density at radius 2 is 1.83 bits per heavy atom. The fraction of sp³-hybridized carbons (Fsp3) is 0.783. The predicted octanol–water partition coefficient (Wildman–Crippen LogP) is 0.658. The van der Waals surface area contributed by atoms with Crippen molar-refractivity contribution in [1.29, 1.82) is 0 Å². The Labute approximate surface area is 209 Å². The molecule has 0 spiro atoms. The van der Waals surface area contributed by atoms with E-state index < -0.39 is 89.5 Å². The van der Waals surface area contributed by atoms with Crippen LogP contribution in [-0.2, 0) is 24.0 Å². The third kappa shape index (κ3) is 5.29. The minimum absolute atomic E-state index is 0.0338. The van der Waals surface area contributed by atoms with Crippen molar-refractivity contribution in [3.63, 3.8) is 0 Å². The molecule has 1 aliphatic carbocycles. The quantitative estimate of drug-likeness (QED) is 0.388. The van der Waals surface area contributed by atoms with E-state index >= 15 is 0 Å². The lowest BCUT2D eigenvalue weighted by atomic mass is 9.85. The van der Waals surface area contributed by atoms with Gasteiger partial charge in [-0.1, -0.05) is 34.6 Å². The number of carboxylic acid groups (broad SMARTS) is 1. The summed E-state index contributed by atoms with van der Waals surface area (Å²) in [5.74, 6) is -7.77. The third-order valence-corrected chi connectivity index (χ3v) is 7.47. The number of fused-ring (bicyclic) bond motifs is 1. The Morgan fingerprint density at radius 1 is 1.22 bits per heavy atom. The van der Waals surface area contributed by atoms with Crippen LogP contribution in [0.5, 0.6) is 0 Å². The van der Waals surface area contributed by atoms with Gasteiger partial charge in [0, 0.05) is 21.7 Å². The van der Waals surface area contributed by atoms with E-state index in [2.05, 4.69) is 10.6 Å². The number of hydrogen-bond donors (Lipinski definition) is 4. The van der Waals surface area contributed by atoms with Gasteiger partial charge >= 0.3 is 18.1 Å². The number of carbonyl (C=O) groups excluding carboxylic acids is 4. The highest BCUT2D eigenvalue weighted by atomic mass is 19.4. The van der Waals surface area contributed by atoms with Crippen molar-refractivity contribution in [3.8, 4) is 0 Å². The molecule has 3 aliphatic rings. The highest BCUT2D eigenvalue weighted by Gasteiger charge is 2.70. The molecule has 6 atom stereocenters. The molecule has 13 heteroatoms. The predicted molar refractivity (Wildman–Crippen MR) is 119 cm³/mol. The van der Waals surface area contributed by atoms with Gasteiger partial charge in [-0.15, -0.1) is 0 Å². The molecule has 36 heavy (non-hydrogen) atoms. The lowest BCUT2D eigenvalue weighted by Gasteiger charge is -2.38.